The summed E-state index contributed by atoms with van der Waals surface area (Å²) in [6, 6.07) is 10.9. The second kappa shape index (κ2) is 9.40. The number of anilines is 1. The van der Waals surface area contributed by atoms with Gasteiger partial charge < -0.3 is 20.3 Å². The van der Waals surface area contributed by atoms with E-state index in [9.17, 15) is 0 Å². The molecule has 5 nitrogen and oxygen atoms in total. The van der Waals surface area contributed by atoms with Crippen LogP contribution in [-0.4, -0.2) is 51.9 Å². The molecular weight excluding hydrogens is 288 g/mol. The van der Waals surface area contributed by atoms with Gasteiger partial charge in [0.15, 0.2) is 5.96 Å². The van der Waals surface area contributed by atoms with Crippen molar-refractivity contribution in [3.8, 4) is 0 Å². The second-order valence-corrected chi connectivity index (χ2v) is 6.16. The molecule has 2 N–H and O–H groups in total. The molecule has 128 valence electrons. The molecule has 5 heteroatoms. The predicted molar refractivity (Wildman–Crippen MR) is 97.2 cm³/mol. The SMILES string of the molecule is CCNC(=NCC1CCN(c2ccccc2)C1)NC(C)COC. The minimum Gasteiger partial charge on any atom is -0.383 e. The Hall–Kier alpha value is -1.75. The molecule has 0 bridgehead atoms. The summed E-state index contributed by atoms with van der Waals surface area (Å²) in [6.07, 6.45) is 1.20. The lowest BCUT2D eigenvalue weighted by molar-refractivity contribution is 0.179. The molecule has 0 spiro atoms. The molecule has 2 rings (SSSR count). The van der Waals surface area contributed by atoms with E-state index in [1.165, 1.54) is 12.1 Å². The predicted octanol–water partition coefficient (Wildman–Crippen LogP) is 2.10. The van der Waals surface area contributed by atoms with Gasteiger partial charge in [-0.25, -0.2) is 0 Å². The first-order valence-corrected chi connectivity index (χ1v) is 8.56. The molecule has 1 aromatic rings. The molecule has 1 saturated heterocycles. The molecule has 2 atom stereocenters. The highest BCUT2D eigenvalue weighted by Gasteiger charge is 2.22. The Balaban J connectivity index is 1.85. The van der Waals surface area contributed by atoms with Gasteiger partial charge in [-0.3, -0.25) is 4.99 Å². The van der Waals surface area contributed by atoms with Gasteiger partial charge in [0.2, 0.25) is 0 Å². The number of aliphatic imine (C=N–C) groups is 1. The Labute approximate surface area is 140 Å². The second-order valence-electron chi connectivity index (χ2n) is 6.16. The highest BCUT2D eigenvalue weighted by Crippen LogP contribution is 2.23. The van der Waals surface area contributed by atoms with E-state index >= 15 is 0 Å². The summed E-state index contributed by atoms with van der Waals surface area (Å²) in [5.74, 6) is 1.50. The number of para-hydroxylation sites is 1. The smallest absolute Gasteiger partial charge is 0.191 e. The van der Waals surface area contributed by atoms with Crippen LogP contribution < -0.4 is 15.5 Å². The van der Waals surface area contributed by atoms with Gasteiger partial charge in [-0.05, 0) is 38.3 Å². The van der Waals surface area contributed by atoms with Crippen molar-refractivity contribution in [1.29, 1.82) is 0 Å². The van der Waals surface area contributed by atoms with Crippen molar-refractivity contribution in [2.24, 2.45) is 10.9 Å². The van der Waals surface area contributed by atoms with Crippen molar-refractivity contribution in [2.45, 2.75) is 26.3 Å². The molecule has 0 aromatic heterocycles. The van der Waals surface area contributed by atoms with Crippen molar-refractivity contribution in [3.63, 3.8) is 0 Å². The van der Waals surface area contributed by atoms with Gasteiger partial charge in [-0.1, -0.05) is 18.2 Å². The molecule has 23 heavy (non-hydrogen) atoms. The van der Waals surface area contributed by atoms with Crippen LogP contribution >= 0.6 is 0 Å². The van der Waals surface area contributed by atoms with Gasteiger partial charge >= 0.3 is 0 Å². The number of nitrogens with zero attached hydrogens (tertiary/aromatic N) is 2. The molecule has 1 aromatic carbocycles. The van der Waals surface area contributed by atoms with Gasteiger partial charge in [0.1, 0.15) is 0 Å². The van der Waals surface area contributed by atoms with Crippen LogP contribution in [0.4, 0.5) is 5.69 Å². The van der Waals surface area contributed by atoms with Gasteiger partial charge in [0, 0.05) is 45.0 Å². The summed E-state index contributed by atoms with van der Waals surface area (Å²) in [4.78, 5) is 7.21. The number of methoxy groups -OCH3 is 1. The van der Waals surface area contributed by atoms with Crippen molar-refractivity contribution >= 4 is 11.6 Å². The Morgan fingerprint density at radius 3 is 2.87 bits per heavy atom. The fourth-order valence-electron chi connectivity index (χ4n) is 2.92. The number of nitrogens with one attached hydrogen (secondary N) is 2. The fraction of sp³-hybridized carbons (Fsp3) is 0.611. The third-order valence-corrected chi connectivity index (χ3v) is 4.06. The number of ether oxygens (including phenoxy) is 1. The average Bonchev–Trinajstić information content (AvgIpc) is 3.03. The van der Waals surface area contributed by atoms with Crippen LogP contribution in [0.25, 0.3) is 0 Å². The molecule has 0 radical (unpaired) electrons. The molecule has 1 heterocycles. The van der Waals surface area contributed by atoms with Crippen LogP contribution in [0.1, 0.15) is 20.3 Å². The highest BCUT2D eigenvalue weighted by molar-refractivity contribution is 5.80. The van der Waals surface area contributed by atoms with E-state index in [1.807, 2.05) is 0 Å². The van der Waals surface area contributed by atoms with E-state index in [-0.39, 0.29) is 6.04 Å². The van der Waals surface area contributed by atoms with Crippen LogP contribution in [0.3, 0.4) is 0 Å². The number of rotatable bonds is 7. The molecule has 2 unspecified atom stereocenters. The van der Waals surface area contributed by atoms with E-state index in [4.69, 9.17) is 9.73 Å². The zero-order valence-corrected chi connectivity index (χ0v) is 14.6. The third-order valence-electron chi connectivity index (χ3n) is 4.06. The van der Waals surface area contributed by atoms with Gasteiger partial charge in [-0.2, -0.15) is 0 Å². The lowest BCUT2D eigenvalue weighted by Gasteiger charge is -2.19. The van der Waals surface area contributed by atoms with Gasteiger partial charge in [-0.15, -0.1) is 0 Å². The zero-order valence-electron chi connectivity index (χ0n) is 14.6. The standard InChI is InChI=1S/C18H30N4O/c1-4-19-18(21-15(2)14-23-3)20-12-16-10-11-22(13-16)17-8-6-5-7-9-17/h5-9,15-16H,4,10-14H2,1-3H3,(H2,19,20,21). The zero-order chi connectivity index (χ0) is 16.5. The quantitative estimate of drug-likeness (QED) is 0.597. The van der Waals surface area contributed by atoms with E-state index in [1.54, 1.807) is 7.11 Å². The molecule has 0 aliphatic carbocycles. The van der Waals surface area contributed by atoms with Crippen molar-refractivity contribution < 1.29 is 4.74 Å². The average molecular weight is 318 g/mol. The van der Waals surface area contributed by atoms with Crippen LogP contribution in [0.2, 0.25) is 0 Å². The summed E-state index contributed by atoms with van der Waals surface area (Å²) >= 11 is 0. The molecular formula is C18H30N4O. The lowest BCUT2D eigenvalue weighted by atomic mass is 10.1. The maximum Gasteiger partial charge on any atom is 0.191 e. The molecule has 1 aliphatic rings. The summed E-state index contributed by atoms with van der Waals surface area (Å²) in [6.45, 7) is 8.79. The van der Waals surface area contributed by atoms with Crippen LogP contribution in [-0.2, 0) is 4.74 Å². The Morgan fingerprint density at radius 1 is 1.39 bits per heavy atom. The minimum absolute atomic E-state index is 0.252. The fourth-order valence-corrected chi connectivity index (χ4v) is 2.92. The van der Waals surface area contributed by atoms with Crippen LogP contribution in [0.5, 0.6) is 0 Å². The Kier molecular flexibility index (Phi) is 7.20. The normalized spacial score (nSPS) is 19.7. The van der Waals surface area contributed by atoms with Gasteiger partial charge in [0.25, 0.3) is 0 Å². The number of benzene rings is 1. The maximum atomic E-state index is 5.17. The van der Waals surface area contributed by atoms with E-state index in [0.29, 0.717) is 12.5 Å². The van der Waals surface area contributed by atoms with Crippen LogP contribution in [0.15, 0.2) is 35.3 Å². The maximum absolute atomic E-state index is 5.17. The number of hydrogen-bond donors (Lipinski definition) is 2. The Bertz CT molecular complexity index is 477. The lowest BCUT2D eigenvalue weighted by Crippen LogP contribution is -2.44. The first-order valence-electron chi connectivity index (χ1n) is 8.56. The monoisotopic (exact) mass is 318 g/mol. The van der Waals surface area contributed by atoms with Crippen molar-refractivity contribution in [2.75, 3.05) is 44.8 Å². The summed E-state index contributed by atoms with van der Waals surface area (Å²) in [7, 11) is 1.72. The first kappa shape index (κ1) is 17.6. The summed E-state index contributed by atoms with van der Waals surface area (Å²) in [5.41, 5.74) is 1.32. The van der Waals surface area contributed by atoms with Crippen LogP contribution in [0, 0.1) is 5.92 Å². The number of hydrogen-bond acceptors (Lipinski definition) is 3. The Morgan fingerprint density at radius 2 is 2.17 bits per heavy atom. The third kappa shape index (κ3) is 5.75. The van der Waals surface area contributed by atoms with E-state index < -0.39 is 0 Å². The topological polar surface area (TPSA) is 48.9 Å². The minimum atomic E-state index is 0.252. The van der Waals surface area contributed by atoms with Crippen molar-refractivity contribution in [3.05, 3.63) is 30.3 Å². The molecule has 0 amide bonds. The van der Waals surface area contributed by atoms with Crippen molar-refractivity contribution in [1.82, 2.24) is 10.6 Å². The number of guanidine groups is 1. The highest BCUT2D eigenvalue weighted by atomic mass is 16.5. The molecule has 1 fully saturated rings. The van der Waals surface area contributed by atoms with E-state index in [2.05, 4.69) is 59.7 Å². The summed E-state index contributed by atoms with van der Waals surface area (Å²) in [5, 5.41) is 6.69. The van der Waals surface area contributed by atoms with Gasteiger partial charge in [0.05, 0.1) is 6.61 Å². The molecule has 0 saturated carbocycles. The first-order chi connectivity index (χ1) is 11.2. The van der Waals surface area contributed by atoms with E-state index in [0.717, 1.165) is 32.1 Å². The largest absolute Gasteiger partial charge is 0.383 e. The summed E-state index contributed by atoms with van der Waals surface area (Å²) < 4.78 is 5.17. The molecule has 1 aliphatic heterocycles.